The third-order valence-electron chi connectivity index (χ3n) is 3.41. The van der Waals surface area contributed by atoms with Crippen LogP contribution in [-0.4, -0.2) is 14.2 Å². The van der Waals surface area contributed by atoms with Crippen LogP contribution in [0.4, 0.5) is 13.2 Å². The van der Waals surface area contributed by atoms with E-state index in [0.717, 1.165) is 17.7 Å². The summed E-state index contributed by atoms with van der Waals surface area (Å²) in [7, 11) is 3.00. The number of alkyl halides is 3. The Morgan fingerprint density at radius 3 is 2.33 bits per heavy atom. The largest absolute Gasteiger partial charge is 0.493 e. The van der Waals surface area contributed by atoms with Crippen LogP contribution in [0.25, 0.3) is 0 Å². The van der Waals surface area contributed by atoms with Crippen molar-refractivity contribution in [2.24, 2.45) is 0 Å². The van der Waals surface area contributed by atoms with Gasteiger partial charge in [-0.1, -0.05) is 29.8 Å². The summed E-state index contributed by atoms with van der Waals surface area (Å²) >= 11 is 6.12. The SMILES string of the molecule is COc1cc(CNCc2cccc(C(F)(F)F)c2)cc(Cl)c1OC. The van der Waals surface area contributed by atoms with Gasteiger partial charge in [0.1, 0.15) is 0 Å². The van der Waals surface area contributed by atoms with E-state index in [1.54, 1.807) is 18.2 Å². The van der Waals surface area contributed by atoms with Gasteiger partial charge >= 0.3 is 6.18 Å². The number of benzene rings is 2. The van der Waals surface area contributed by atoms with E-state index in [4.69, 9.17) is 21.1 Å². The van der Waals surface area contributed by atoms with Crippen LogP contribution < -0.4 is 14.8 Å². The van der Waals surface area contributed by atoms with Crippen molar-refractivity contribution in [1.29, 1.82) is 0 Å². The summed E-state index contributed by atoms with van der Waals surface area (Å²) in [6.07, 6.45) is -4.34. The molecule has 0 spiro atoms. The number of hydrogen-bond donors (Lipinski definition) is 1. The fraction of sp³-hybridized carbons (Fsp3) is 0.294. The highest BCUT2D eigenvalue weighted by atomic mass is 35.5. The van der Waals surface area contributed by atoms with Crippen molar-refractivity contribution in [1.82, 2.24) is 5.32 Å². The van der Waals surface area contributed by atoms with Gasteiger partial charge in [0, 0.05) is 13.1 Å². The van der Waals surface area contributed by atoms with Crippen molar-refractivity contribution in [2.75, 3.05) is 14.2 Å². The standard InChI is InChI=1S/C17H17ClF3NO2/c1-23-15-8-12(7-14(18)16(15)24-2)10-22-9-11-4-3-5-13(6-11)17(19,20)21/h3-8,22H,9-10H2,1-2H3. The van der Waals surface area contributed by atoms with Crippen molar-refractivity contribution in [3.8, 4) is 11.5 Å². The Morgan fingerprint density at radius 2 is 1.71 bits per heavy atom. The van der Waals surface area contributed by atoms with Gasteiger partial charge in [0.25, 0.3) is 0 Å². The molecule has 2 aromatic carbocycles. The van der Waals surface area contributed by atoms with Gasteiger partial charge in [0.2, 0.25) is 0 Å². The Labute approximate surface area is 143 Å². The molecule has 0 aliphatic carbocycles. The van der Waals surface area contributed by atoms with Crippen molar-refractivity contribution >= 4 is 11.6 Å². The zero-order valence-electron chi connectivity index (χ0n) is 13.2. The maximum atomic E-state index is 12.7. The Hall–Kier alpha value is -1.92. The number of hydrogen-bond acceptors (Lipinski definition) is 3. The molecule has 0 unspecified atom stereocenters. The Morgan fingerprint density at radius 1 is 1.00 bits per heavy atom. The summed E-state index contributed by atoms with van der Waals surface area (Å²) in [5.41, 5.74) is 0.733. The molecular formula is C17H17ClF3NO2. The summed E-state index contributed by atoms with van der Waals surface area (Å²) < 4.78 is 48.5. The smallest absolute Gasteiger partial charge is 0.416 e. The van der Waals surface area contributed by atoms with E-state index in [2.05, 4.69) is 5.32 Å². The molecule has 0 fully saturated rings. The summed E-state index contributed by atoms with van der Waals surface area (Å²) in [5, 5.41) is 3.50. The Bertz CT molecular complexity index is 705. The summed E-state index contributed by atoms with van der Waals surface area (Å²) in [6, 6.07) is 8.72. The highest BCUT2D eigenvalue weighted by Gasteiger charge is 2.30. The zero-order valence-corrected chi connectivity index (χ0v) is 14.0. The van der Waals surface area contributed by atoms with Gasteiger partial charge in [-0.15, -0.1) is 0 Å². The van der Waals surface area contributed by atoms with Crippen LogP contribution in [0.2, 0.25) is 5.02 Å². The molecule has 0 aromatic heterocycles. The molecule has 0 amide bonds. The molecule has 1 N–H and O–H groups in total. The second kappa shape index (κ2) is 7.77. The first-order valence-corrected chi connectivity index (χ1v) is 7.50. The Kier molecular flexibility index (Phi) is 5.96. The monoisotopic (exact) mass is 359 g/mol. The lowest BCUT2D eigenvalue weighted by molar-refractivity contribution is -0.137. The predicted octanol–water partition coefficient (Wildman–Crippen LogP) is 4.67. The van der Waals surface area contributed by atoms with Crippen LogP contribution in [0, 0.1) is 0 Å². The van der Waals surface area contributed by atoms with Gasteiger partial charge in [-0.3, -0.25) is 0 Å². The van der Waals surface area contributed by atoms with Crippen molar-refractivity contribution in [2.45, 2.75) is 19.3 Å². The van der Waals surface area contributed by atoms with Crippen LogP contribution in [-0.2, 0) is 19.3 Å². The molecule has 0 saturated carbocycles. The fourth-order valence-electron chi connectivity index (χ4n) is 2.28. The van der Waals surface area contributed by atoms with Gasteiger partial charge < -0.3 is 14.8 Å². The molecule has 3 nitrogen and oxygen atoms in total. The lowest BCUT2D eigenvalue weighted by Crippen LogP contribution is -2.14. The molecule has 0 radical (unpaired) electrons. The molecule has 7 heteroatoms. The third kappa shape index (κ3) is 4.55. The minimum atomic E-state index is -4.34. The molecule has 0 aliphatic heterocycles. The second-order valence-corrected chi connectivity index (χ2v) is 5.52. The molecule has 2 rings (SSSR count). The zero-order chi connectivity index (χ0) is 17.7. The predicted molar refractivity (Wildman–Crippen MR) is 86.5 cm³/mol. The summed E-state index contributed by atoms with van der Waals surface area (Å²) in [5.74, 6) is 0.946. The van der Waals surface area contributed by atoms with Gasteiger partial charge in [-0.2, -0.15) is 13.2 Å². The molecule has 0 saturated heterocycles. The molecule has 0 heterocycles. The number of nitrogens with one attached hydrogen (secondary N) is 1. The maximum Gasteiger partial charge on any atom is 0.416 e. The van der Waals surface area contributed by atoms with Gasteiger partial charge in [0.15, 0.2) is 11.5 Å². The van der Waals surface area contributed by atoms with Gasteiger partial charge in [-0.25, -0.2) is 0 Å². The van der Waals surface area contributed by atoms with Crippen LogP contribution >= 0.6 is 11.6 Å². The number of halogens is 4. The van der Waals surface area contributed by atoms with Crippen molar-refractivity contribution in [3.05, 3.63) is 58.1 Å². The van der Waals surface area contributed by atoms with Crippen molar-refractivity contribution < 1.29 is 22.6 Å². The molecule has 130 valence electrons. The van der Waals surface area contributed by atoms with E-state index in [-0.39, 0.29) is 0 Å². The number of methoxy groups -OCH3 is 2. The minimum absolute atomic E-state index is 0.301. The lowest BCUT2D eigenvalue weighted by Gasteiger charge is -2.13. The first-order chi connectivity index (χ1) is 11.3. The van der Waals surface area contributed by atoms with Gasteiger partial charge in [-0.05, 0) is 29.3 Å². The van der Waals surface area contributed by atoms with Gasteiger partial charge in [0.05, 0.1) is 24.8 Å². The molecule has 24 heavy (non-hydrogen) atoms. The fourth-order valence-corrected chi connectivity index (χ4v) is 2.59. The van der Waals surface area contributed by atoms with E-state index in [0.29, 0.717) is 35.2 Å². The molecule has 2 aromatic rings. The maximum absolute atomic E-state index is 12.7. The average Bonchev–Trinajstić information content (AvgIpc) is 2.54. The molecular weight excluding hydrogens is 343 g/mol. The Balaban J connectivity index is 2.03. The third-order valence-corrected chi connectivity index (χ3v) is 3.69. The van der Waals surface area contributed by atoms with Crippen molar-refractivity contribution in [3.63, 3.8) is 0 Å². The highest BCUT2D eigenvalue weighted by molar-refractivity contribution is 6.32. The van der Waals surface area contributed by atoms with Crippen LogP contribution in [0.15, 0.2) is 36.4 Å². The van der Waals surface area contributed by atoms with E-state index in [9.17, 15) is 13.2 Å². The average molecular weight is 360 g/mol. The first-order valence-electron chi connectivity index (χ1n) is 7.12. The quantitative estimate of drug-likeness (QED) is 0.813. The number of ether oxygens (including phenoxy) is 2. The van der Waals surface area contributed by atoms with E-state index < -0.39 is 11.7 Å². The van der Waals surface area contributed by atoms with Crippen LogP contribution in [0.5, 0.6) is 11.5 Å². The van der Waals surface area contributed by atoms with E-state index >= 15 is 0 Å². The molecule has 0 atom stereocenters. The minimum Gasteiger partial charge on any atom is -0.493 e. The normalized spacial score (nSPS) is 11.4. The highest BCUT2D eigenvalue weighted by Crippen LogP contribution is 2.36. The molecule has 0 aliphatic rings. The topological polar surface area (TPSA) is 30.5 Å². The molecule has 0 bridgehead atoms. The van der Waals surface area contributed by atoms with Crippen LogP contribution in [0.3, 0.4) is 0 Å². The summed E-state index contributed by atoms with van der Waals surface area (Å²) in [6.45, 7) is 0.728. The van der Waals surface area contributed by atoms with E-state index in [1.165, 1.54) is 20.3 Å². The second-order valence-electron chi connectivity index (χ2n) is 5.11. The van der Waals surface area contributed by atoms with E-state index in [1.807, 2.05) is 0 Å². The summed E-state index contributed by atoms with van der Waals surface area (Å²) in [4.78, 5) is 0. The van der Waals surface area contributed by atoms with Crippen LogP contribution in [0.1, 0.15) is 16.7 Å². The number of rotatable bonds is 6. The lowest BCUT2D eigenvalue weighted by atomic mass is 10.1. The first kappa shape index (κ1) is 18.4.